The average Bonchev–Trinajstić information content (AvgIpc) is 3.18. The monoisotopic (exact) mass is 384 g/mol. The zero-order chi connectivity index (χ0) is 18.8. The second kappa shape index (κ2) is 7.93. The Morgan fingerprint density at radius 3 is 2.74 bits per heavy atom. The van der Waals surface area contributed by atoms with Gasteiger partial charge in [0.05, 0.1) is 23.8 Å². The largest absolute Gasteiger partial charge is 0.486 e. The fourth-order valence-corrected chi connectivity index (χ4v) is 5.20. The summed E-state index contributed by atoms with van der Waals surface area (Å²) in [5.41, 5.74) is 2.15. The third kappa shape index (κ3) is 3.98. The molecule has 1 saturated carbocycles. The molecule has 5 heteroatoms. The molecule has 0 aliphatic heterocycles. The van der Waals surface area contributed by atoms with Crippen LogP contribution in [-0.2, 0) is 0 Å². The molecule has 2 aromatic heterocycles. The van der Waals surface area contributed by atoms with Crippen molar-refractivity contribution in [3.05, 3.63) is 53.0 Å². The van der Waals surface area contributed by atoms with E-state index in [0.29, 0.717) is 11.8 Å². The minimum absolute atomic E-state index is 0.182. The van der Waals surface area contributed by atoms with Gasteiger partial charge in [0, 0.05) is 17.5 Å². The predicted octanol–water partition coefficient (Wildman–Crippen LogP) is 6.31. The molecule has 0 unspecified atom stereocenters. The maximum Gasteiger partial charge on any atom is 0.193 e. The lowest BCUT2D eigenvalue weighted by atomic mass is 9.75. The van der Waals surface area contributed by atoms with Crippen LogP contribution in [0.2, 0.25) is 0 Å². The molecule has 0 saturated heterocycles. The molecule has 0 radical (unpaired) electrons. The summed E-state index contributed by atoms with van der Waals surface area (Å²) < 4.78 is 19.0. The zero-order valence-corrected chi connectivity index (χ0v) is 16.6. The predicted molar refractivity (Wildman–Crippen MR) is 108 cm³/mol. The van der Waals surface area contributed by atoms with E-state index in [0.717, 1.165) is 34.7 Å². The van der Waals surface area contributed by atoms with E-state index in [4.69, 9.17) is 4.74 Å². The van der Waals surface area contributed by atoms with E-state index >= 15 is 0 Å². The van der Waals surface area contributed by atoms with Crippen molar-refractivity contribution in [3.8, 4) is 5.06 Å². The molecule has 0 amide bonds. The van der Waals surface area contributed by atoms with Crippen molar-refractivity contribution in [1.82, 2.24) is 9.97 Å². The van der Waals surface area contributed by atoms with Crippen LogP contribution in [0.1, 0.15) is 61.4 Å². The van der Waals surface area contributed by atoms with Crippen molar-refractivity contribution in [2.45, 2.75) is 50.9 Å². The second-order valence-electron chi connectivity index (χ2n) is 7.64. The Morgan fingerprint density at radius 1 is 1.19 bits per heavy atom. The quantitative estimate of drug-likeness (QED) is 0.517. The smallest absolute Gasteiger partial charge is 0.193 e. The van der Waals surface area contributed by atoms with Gasteiger partial charge in [-0.2, -0.15) is 0 Å². The number of fused-ring (bicyclic) bond motifs is 1. The Labute approximate surface area is 163 Å². The van der Waals surface area contributed by atoms with Gasteiger partial charge in [-0.15, -0.1) is 0 Å². The molecule has 1 aliphatic rings. The Bertz CT molecular complexity index is 918. The third-order valence-electron chi connectivity index (χ3n) is 5.84. The number of benzene rings is 1. The van der Waals surface area contributed by atoms with Crippen LogP contribution in [0.25, 0.3) is 10.9 Å². The minimum atomic E-state index is -0.182. The van der Waals surface area contributed by atoms with E-state index in [2.05, 4.69) is 23.0 Å². The first-order valence-corrected chi connectivity index (χ1v) is 10.5. The first-order chi connectivity index (χ1) is 13.1. The highest BCUT2D eigenvalue weighted by atomic mass is 32.1. The standard InChI is InChI=1S/C22H25FN2OS/c1-14(22-25-13-21(26-2)27-22)11-15-3-5-16(6-4-15)18-9-10-24-20-8-7-17(23)12-19(18)20/h7-10,12-16H,3-6,11H2,1-2H3/t14-,15?,16?/m1/s1. The summed E-state index contributed by atoms with van der Waals surface area (Å²) in [4.78, 5) is 8.90. The molecule has 3 aromatic rings. The molecule has 0 N–H and O–H groups in total. The fraction of sp³-hybridized carbons (Fsp3) is 0.455. The van der Waals surface area contributed by atoms with Crippen molar-refractivity contribution >= 4 is 22.2 Å². The molecule has 1 fully saturated rings. The van der Waals surface area contributed by atoms with Gasteiger partial charge >= 0.3 is 0 Å². The van der Waals surface area contributed by atoms with Gasteiger partial charge in [0.1, 0.15) is 5.82 Å². The lowest BCUT2D eigenvalue weighted by Gasteiger charge is -2.30. The normalized spacial score (nSPS) is 21.3. The van der Waals surface area contributed by atoms with Crippen LogP contribution in [0, 0.1) is 11.7 Å². The van der Waals surface area contributed by atoms with Gasteiger partial charge < -0.3 is 4.74 Å². The van der Waals surface area contributed by atoms with Crippen molar-refractivity contribution in [2.75, 3.05) is 7.11 Å². The van der Waals surface area contributed by atoms with Gasteiger partial charge in [0.25, 0.3) is 0 Å². The Morgan fingerprint density at radius 2 is 2.00 bits per heavy atom. The second-order valence-corrected chi connectivity index (χ2v) is 8.66. The lowest BCUT2D eigenvalue weighted by molar-refractivity contribution is 0.298. The fourth-order valence-electron chi connectivity index (χ4n) is 4.40. The summed E-state index contributed by atoms with van der Waals surface area (Å²) >= 11 is 1.65. The highest BCUT2D eigenvalue weighted by Crippen LogP contribution is 2.42. The topological polar surface area (TPSA) is 35.0 Å². The van der Waals surface area contributed by atoms with E-state index in [1.165, 1.54) is 35.9 Å². The molecule has 0 bridgehead atoms. The number of ether oxygens (including phenoxy) is 1. The van der Waals surface area contributed by atoms with Crippen LogP contribution in [0.4, 0.5) is 4.39 Å². The molecule has 142 valence electrons. The summed E-state index contributed by atoms with van der Waals surface area (Å²) in [5.74, 6) is 1.52. The van der Waals surface area contributed by atoms with Crippen LogP contribution < -0.4 is 4.74 Å². The lowest BCUT2D eigenvalue weighted by Crippen LogP contribution is -2.15. The van der Waals surface area contributed by atoms with Crippen LogP contribution in [0.5, 0.6) is 5.06 Å². The maximum atomic E-state index is 13.7. The van der Waals surface area contributed by atoms with Crippen LogP contribution >= 0.6 is 11.3 Å². The van der Waals surface area contributed by atoms with Gasteiger partial charge in [0.2, 0.25) is 0 Å². The molecule has 2 heterocycles. The van der Waals surface area contributed by atoms with Gasteiger partial charge in [-0.05, 0) is 73.8 Å². The Kier molecular flexibility index (Phi) is 5.39. The molecular formula is C22H25FN2OS. The highest BCUT2D eigenvalue weighted by Gasteiger charge is 2.26. The van der Waals surface area contributed by atoms with Crippen LogP contribution in [-0.4, -0.2) is 17.1 Å². The Balaban J connectivity index is 1.41. The summed E-state index contributed by atoms with van der Waals surface area (Å²) in [7, 11) is 1.69. The molecule has 1 aromatic carbocycles. The first-order valence-electron chi connectivity index (χ1n) is 9.68. The maximum absolute atomic E-state index is 13.7. The number of hydrogen-bond acceptors (Lipinski definition) is 4. The number of hydrogen-bond donors (Lipinski definition) is 0. The van der Waals surface area contributed by atoms with Crippen molar-refractivity contribution in [1.29, 1.82) is 0 Å². The van der Waals surface area contributed by atoms with E-state index < -0.39 is 0 Å². The molecular weight excluding hydrogens is 359 g/mol. The minimum Gasteiger partial charge on any atom is -0.486 e. The van der Waals surface area contributed by atoms with Gasteiger partial charge in [-0.1, -0.05) is 18.3 Å². The van der Waals surface area contributed by atoms with Crippen molar-refractivity contribution in [2.24, 2.45) is 5.92 Å². The number of rotatable bonds is 5. The van der Waals surface area contributed by atoms with Gasteiger partial charge in [0.15, 0.2) is 5.06 Å². The molecule has 27 heavy (non-hydrogen) atoms. The van der Waals surface area contributed by atoms with Crippen molar-refractivity contribution in [3.63, 3.8) is 0 Å². The third-order valence-corrected chi connectivity index (χ3v) is 7.03. The van der Waals surface area contributed by atoms with Gasteiger partial charge in [-0.25, -0.2) is 9.37 Å². The number of nitrogens with zero attached hydrogens (tertiary/aromatic N) is 2. The highest BCUT2D eigenvalue weighted by molar-refractivity contribution is 7.13. The van der Waals surface area contributed by atoms with Crippen LogP contribution in [0.3, 0.4) is 0 Å². The number of thiazole rings is 1. The summed E-state index contributed by atoms with van der Waals surface area (Å²) in [6.45, 7) is 2.27. The van der Waals surface area contributed by atoms with Gasteiger partial charge in [-0.3, -0.25) is 4.98 Å². The average molecular weight is 385 g/mol. The molecule has 3 nitrogen and oxygen atoms in total. The Hall–Kier alpha value is -2.01. The molecule has 4 rings (SSSR count). The number of aromatic nitrogens is 2. The summed E-state index contributed by atoms with van der Waals surface area (Å²) in [6, 6.07) is 6.99. The van der Waals surface area contributed by atoms with Crippen LogP contribution in [0.15, 0.2) is 36.7 Å². The molecule has 0 spiro atoms. The molecule has 1 aliphatic carbocycles. The van der Waals surface area contributed by atoms with E-state index in [1.54, 1.807) is 30.6 Å². The van der Waals surface area contributed by atoms with E-state index in [1.807, 2.05) is 12.4 Å². The van der Waals surface area contributed by atoms with E-state index in [-0.39, 0.29) is 5.82 Å². The van der Waals surface area contributed by atoms with E-state index in [9.17, 15) is 4.39 Å². The number of halogens is 1. The first kappa shape index (κ1) is 18.4. The number of methoxy groups -OCH3 is 1. The zero-order valence-electron chi connectivity index (χ0n) is 15.8. The SMILES string of the molecule is COc1cnc([C@H](C)CC2CCC(c3ccnc4ccc(F)cc34)CC2)s1. The number of pyridine rings is 1. The summed E-state index contributed by atoms with van der Waals surface area (Å²) in [5, 5.41) is 3.03. The summed E-state index contributed by atoms with van der Waals surface area (Å²) in [6.07, 6.45) is 9.62. The van der Waals surface area contributed by atoms with Crippen molar-refractivity contribution < 1.29 is 9.13 Å². The molecule has 1 atom stereocenters.